The lowest BCUT2D eigenvalue weighted by Crippen LogP contribution is -3.13. The molecule has 0 aromatic heterocycles. The molecule has 1 saturated heterocycles. The number of benzene rings is 1. The number of hydrogen-bond donors (Lipinski definition) is 1. The van der Waals surface area contributed by atoms with Crippen LogP contribution in [0.15, 0.2) is 30.3 Å². The van der Waals surface area contributed by atoms with Crippen LogP contribution in [0.3, 0.4) is 0 Å². The van der Waals surface area contributed by atoms with Crippen LogP contribution < -0.4 is 4.90 Å². The van der Waals surface area contributed by atoms with E-state index >= 15 is 0 Å². The van der Waals surface area contributed by atoms with E-state index in [2.05, 4.69) is 31.3 Å². The summed E-state index contributed by atoms with van der Waals surface area (Å²) in [6.45, 7) is 1.23. The lowest BCUT2D eigenvalue weighted by Gasteiger charge is -2.28. The van der Waals surface area contributed by atoms with Crippen molar-refractivity contribution in [1.82, 2.24) is 0 Å². The summed E-state index contributed by atoms with van der Waals surface area (Å²) < 4.78 is 0. The van der Waals surface area contributed by atoms with E-state index in [-0.39, 0.29) is 0 Å². The molecule has 2 heteroatoms. The zero-order valence-electron chi connectivity index (χ0n) is 11.6. The SMILES string of the molecule is C[NH+]1CCCCC1/C=C1\C(=O)CCc2ccccc21. The summed E-state index contributed by atoms with van der Waals surface area (Å²) in [5, 5.41) is 0. The van der Waals surface area contributed by atoms with Gasteiger partial charge in [-0.25, -0.2) is 0 Å². The second-order valence-corrected chi connectivity index (χ2v) is 5.86. The highest BCUT2D eigenvalue weighted by Crippen LogP contribution is 2.28. The number of allylic oxidation sites excluding steroid dienone is 1. The molecule has 0 spiro atoms. The van der Waals surface area contributed by atoms with Gasteiger partial charge in [0.25, 0.3) is 0 Å². The highest BCUT2D eigenvalue weighted by Gasteiger charge is 2.26. The van der Waals surface area contributed by atoms with Gasteiger partial charge in [0.2, 0.25) is 0 Å². The number of carbonyl (C=O) groups is 1. The number of rotatable bonds is 1. The monoisotopic (exact) mass is 256 g/mol. The van der Waals surface area contributed by atoms with Crippen molar-refractivity contribution >= 4 is 11.4 Å². The molecule has 1 aliphatic carbocycles. The summed E-state index contributed by atoms with van der Waals surface area (Å²) >= 11 is 0. The predicted octanol–water partition coefficient (Wildman–Crippen LogP) is 1.65. The van der Waals surface area contributed by atoms with Crippen molar-refractivity contribution in [3.8, 4) is 0 Å². The van der Waals surface area contributed by atoms with Crippen molar-refractivity contribution < 1.29 is 9.69 Å². The minimum Gasteiger partial charge on any atom is -0.332 e. The summed E-state index contributed by atoms with van der Waals surface area (Å²) in [5.74, 6) is 0.331. The van der Waals surface area contributed by atoms with Crippen LogP contribution in [0, 0.1) is 0 Å². The summed E-state index contributed by atoms with van der Waals surface area (Å²) in [7, 11) is 2.25. The molecule has 1 fully saturated rings. The van der Waals surface area contributed by atoms with Crippen molar-refractivity contribution in [2.45, 2.75) is 38.1 Å². The molecule has 19 heavy (non-hydrogen) atoms. The van der Waals surface area contributed by atoms with Gasteiger partial charge in [-0.05, 0) is 36.5 Å². The fourth-order valence-electron chi connectivity index (χ4n) is 3.34. The second-order valence-electron chi connectivity index (χ2n) is 5.86. The third-order valence-corrected chi connectivity index (χ3v) is 4.57. The van der Waals surface area contributed by atoms with Crippen LogP contribution in [-0.2, 0) is 11.2 Å². The Morgan fingerprint density at radius 1 is 1.21 bits per heavy atom. The number of piperidine rings is 1. The van der Waals surface area contributed by atoms with Crippen molar-refractivity contribution in [3.63, 3.8) is 0 Å². The Kier molecular flexibility index (Phi) is 3.52. The van der Waals surface area contributed by atoms with Gasteiger partial charge in [-0.3, -0.25) is 4.79 Å². The van der Waals surface area contributed by atoms with Gasteiger partial charge >= 0.3 is 0 Å². The maximum absolute atomic E-state index is 12.3. The minimum atomic E-state index is 0.331. The van der Waals surface area contributed by atoms with Gasteiger partial charge in [0.05, 0.1) is 13.6 Å². The number of ketones is 1. The molecule has 1 heterocycles. The van der Waals surface area contributed by atoms with Crippen molar-refractivity contribution in [1.29, 1.82) is 0 Å². The Bertz CT molecular complexity index is 518. The Hall–Kier alpha value is -1.41. The Morgan fingerprint density at radius 3 is 2.89 bits per heavy atom. The third-order valence-electron chi connectivity index (χ3n) is 4.57. The normalized spacial score (nSPS) is 29.3. The van der Waals surface area contributed by atoms with Gasteiger partial charge in [-0.1, -0.05) is 24.3 Å². The number of nitrogens with one attached hydrogen (secondary N) is 1. The fourth-order valence-corrected chi connectivity index (χ4v) is 3.34. The molecule has 2 atom stereocenters. The zero-order chi connectivity index (χ0) is 13.2. The van der Waals surface area contributed by atoms with Gasteiger partial charge < -0.3 is 4.90 Å². The van der Waals surface area contributed by atoms with Crippen molar-refractivity contribution in [3.05, 3.63) is 41.5 Å². The molecule has 0 radical (unpaired) electrons. The first-order chi connectivity index (χ1) is 9.25. The Labute approximate surface area is 115 Å². The van der Waals surface area contributed by atoms with Crippen molar-refractivity contribution in [2.24, 2.45) is 0 Å². The molecule has 100 valence electrons. The summed E-state index contributed by atoms with van der Waals surface area (Å²) in [4.78, 5) is 13.8. The first kappa shape index (κ1) is 12.6. The smallest absolute Gasteiger partial charge is 0.163 e. The second kappa shape index (κ2) is 5.30. The average molecular weight is 256 g/mol. The predicted molar refractivity (Wildman–Crippen MR) is 77.1 cm³/mol. The molecule has 1 aromatic rings. The number of Topliss-reactive ketones (excluding diaryl/α,β-unsaturated/α-hetero) is 1. The van der Waals surface area contributed by atoms with Crippen molar-refractivity contribution in [2.75, 3.05) is 13.6 Å². The lowest BCUT2D eigenvalue weighted by atomic mass is 9.84. The summed E-state index contributed by atoms with van der Waals surface area (Å²) in [6, 6.07) is 8.90. The zero-order valence-corrected chi connectivity index (χ0v) is 11.6. The van der Waals surface area contributed by atoms with Crippen LogP contribution in [0.2, 0.25) is 0 Å². The molecule has 2 aliphatic rings. The van der Waals surface area contributed by atoms with Gasteiger partial charge in [0.15, 0.2) is 5.78 Å². The molecule has 0 amide bonds. The van der Waals surface area contributed by atoms with E-state index < -0.39 is 0 Å². The van der Waals surface area contributed by atoms with Gasteiger partial charge in [0, 0.05) is 18.4 Å². The van der Waals surface area contributed by atoms with Gasteiger partial charge in [-0.15, -0.1) is 0 Å². The number of carbonyl (C=O) groups excluding carboxylic acids is 1. The lowest BCUT2D eigenvalue weighted by molar-refractivity contribution is -0.904. The summed E-state index contributed by atoms with van der Waals surface area (Å²) in [6.07, 6.45) is 7.66. The number of aryl methyl sites for hydroxylation is 1. The molecular formula is C17H22NO+. The van der Waals surface area contributed by atoms with Gasteiger partial charge in [0.1, 0.15) is 6.04 Å². The first-order valence-electron chi connectivity index (χ1n) is 7.41. The molecule has 1 aromatic carbocycles. The van der Waals surface area contributed by atoms with E-state index in [0.29, 0.717) is 18.2 Å². The number of fused-ring (bicyclic) bond motifs is 1. The van der Waals surface area contributed by atoms with Crippen LogP contribution in [-0.4, -0.2) is 25.4 Å². The van der Waals surface area contributed by atoms with E-state index in [4.69, 9.17) is 0 Å². The molecule has 1 N–H and O–H groups in total. The van der Waals surface area contributed by atoms with Crippen LogP contribution in [0.4, 0.5) is 0 Å². The number of quaternary nitrogens is 1. The molecule has 0 bridgehead atoms. The maximum Gasteiger partial charge on any atom is 0.163 e. The van der Waals surface area contributed by atoms with E-state index in [1.165, 1.54) is 36.9 Å². The van der Waals surface area contributed by atoms with Crippen LogP contribution >= 0.6 is 0 Å². The van der Waals surface area contributed by atoms with E-state index in [1.54, 1.807) is 4.90 Å². The standard InChI is InChI=1S/C17H21NO/c1-18-11-5-4-7-14(18)12-16-15-8-3-2-6-13(15)9-10-17(16)19/h2-3,6,8,12,14H,4-5,7,9-11H2,1H3/p+1/b16-12-. The first-order valence-corrected chi connectivity index (χ1v) is 7.41. The topological polar surface area (TPSA) is 21.5 Å². The average Bonchev–Trinajstić information content (AvgIpc) is 2.44. The van der Waals surface area contributed by atoms with Crippen LogP contribution in [0.25, 0.3) is 5.57 Å². The Balaban J connectivity index is 1.96. The highest BCUT2D eigenvalue weighted by atomic mass is 16.1. The molecule has 2 unspecified atom stereocenters. The third kappa shape index (κ3) is 2.50. The fraction of sp³-hybridized carbons (Fsp3) is 0.471. The Morgan fingerprint density at radius 2 is 2.05 bits per heavy atom. The highest BCUT2D eigenvalue weighted by molar-refractivity contribution is 6.22. The van der Waals surface area contributed by atoms with E-state index in [1.807, 2.05) is 6.07 Å². The minimum absolute atomic E-state index is 0.331. The molecule has 0 saturated carbocycles. The van der Waals surface area contributed by atoms with E-state index in [9.17, 15) is 4.79 Å². The number of likely N-dealkylation sites (N-methyl/N-ethyl adjacent to an activating group) is 1. The quantitative estimate of drug-likeness (QED) is 0.758. The van der Waals surface area contributed by atoms with Crippen LogP contribution in [0.1, 0.15) is 36.8 Å². The molecule has 2 nitrogen and oxygen atoms in total. The molecule has 3 rings (SSSR count). The maximum atomic E-state index is 12.3. The van der Waals surface area contributed by atoms with Gasteiger partial charge in [-0.2, -0.15) is 0 Å². The number of likely N-dealkylation sites (tertiary alicyclic amines) is 1. The largest absolute Gasteiger partial charge is 0.332 e. The van der Waals surface area contributed by atoms with E-state index in [0.717, 1.165) is 12.0 Å². The number of hydrogen-bond acceptors (Lipinski definition) is 1. The molecule has 1 aliphatic heterocycles. The molecular weight excluding hydrogens is 234 g/mol. The summed E-state index contributed by atoms with van der Waals surface area (Å²) in [5.41, 5.74) is 3.49. The van der Waals surface area contributed by atoms with Crippen LogP contribution in [0.5, 0.6) is 0 Å².